The lowest BCUT2D eigenvalue weighted by Crippen LogP contribution is -2.44. The van der Waals surface area contributed by atoms with Crippen molar-refractivity contribution in [2.75, 3.05) is 7.11 Å². The zero-order chi connectivity index (χ0) is 16.8. The van der Waals surface area contributed by atoms with Crippen LogP contribution in [0.4, 0.5) is 4.79 Å². The first-order chi connectivity index (χ1) is 10.3. The van der Waals surface area contributed by atoms with E-state index >= 15 is 0 Å². The molecule has 5 nitrogen and oxygen atoms in total. The molecule has 2 amide bonds. The summed E-state index contributed by atoms with van der Waals surface area (Å²) < 4.78 is 5.36. The number of nitriles is 1. The lowest BCUT2D eigenvalue weighted by molar-refractivity contribution is 0.00949. The zero-order valence-electron chi connectivity index (χ0n) is 13.9. The van der Waals surface area contributed by atoms with Crippen LogP contribution in [0.3, 0.4) is 0 Å². The predicted molar refractivity (Wildman–Crippen MR) is 86.4 cm³/mol. The molecule has 0 aliphatic heterocycles. The van der Waals surface area contributed by atoms with Crippen LogP contribution in [0.5, 0.6) is 0 Å². The number of carbonyl (C=O) groups is 1. The van der Waals surface area contributed by atoms with Gasteiger partial charge in [0.25, 0.3) is 0 Å². The fourth-order valence-electron chi connectivity index (χ4n) is 2.26. The third-order valence-electron chi connectivity index (χ3n) is 3.62. The van der Waals surface area contributed by atoms with Gasteiger partial charge in [0.2, 0.25) is 0 Å². The number of urea groups is 1. The van der Waals surface area contributed by atoms with Crippen molar-refractivity contribution in [1.29, 1.82) is 5.26 Å². The molecular weight excluding hydrogens is 278 g/mol. The van der Waals surface area contributed by atoms with Crippen LogP contribution < -0.4 is 10.6 Å². The Bertz CT molecular complexity index is 532. The van der Waals surface area contributed by atoms with E-state index in [1.54, 1.807) is 19.2 Å². The molecule has 1 rings (SSSR count). The maximum atomic E-state index is 12.0. The van der Waals surface area contributed by atoms with Crippen LogP contribution in [-0.2, 0) is 4.74 Å². The Kier molecular flexibility index (Phi) is 6.39. The minimum atomic E-state index is -0.272. The van der Waals surface area contributed by atoms with E-state index in [9.17, 15) is 4.79 Å². The van der Waals surface area contributed by atoms with Crippen LogP contribution in [0.1, 0.15) is 51.3 Å². The number of rotatable bonds is 6. The Morgan fingerprint density at radius 1 is 1.27 bits per heavy atom. The largest absolute Gasteiger partial charge is 0.379 e. The highest BCUT2D eigenvalue weighted by Gasteiger charge is 2.21. The van der Waals surface area contributed by atoms with Crippen molar-refractivity contribution in [2.24, 2.45) is 0 Å². The van der Waals surface area contributed by atoms with E-state index in [-0.39, 0.29) is 23.7 Å². The minimum absolute atomic E-state index is 0.00288. The van der Waals surface area contributed by atoms with E-state index in [1.807, 2.05) is 39.8 Å². The van der Waals surface area contributed by atoms with Crippen molar-refractivity contribution in [1.82, 2.24) is 10.6 Å². The van der Waals surface area contributed by atoms with Gasteiger partial charge in [0, 0.05) is 13.2 Å². The van der Waals surface area contributed by atoms with E-state index in [2.05, 4.69) is 16.7 Å². The highest BCUT2D eigenvalue weighted by molar-refractivity contribution is 5.74. The van der Waals surface area contributed by atoms with Gasteiger partial charge < -0.3 is 15.4 Å². The number of ether oxygens (including phenoxy) is 1. The highest BCUT2D eigenvalue weighted by atomic mass is 16.5. The molecule has 0 fully saturated rings. The Labute approximate surface area is 132 Å². The third kappa shape index (κ3) is 5.74. The smallest absolute Gasteiger partial charge is 0.315 e. The van der Waals surface area contributed by atoms with Gasteiger partial charge in [0.15, 0.2) is 0 Å². The summed E-state index contributed by atoms with van der Waals surface area (Å²) in [6, 6.07) is 8.92. The van der Waals surface area contributed by atoms with Crippen molar-refractivity contribution in [3.63, 3.8) is 0 Å². The van der Waals surface area contributed by atoms with E-state index in [4.69, 9.17) is 10.00 Å². The second kappa shape index (κ2) is 7.81. The highest BCUT2D eigenvalue weighted by Crippen LogP contribution is 2.16. The minimum Gasteiger partial charge on any atom is -0.379 e. The standard InChI is InChI=1S/C17H25N3O2/c1-12(10-17(3,4)22-5)19-16(21)20-13(2)15-8-6-14(11-18)7-9-15/h6-9,12-13H,10H2,1-5H3,(H2,19,20,21). The quantitative estimate of drug-likeness (QED) is 0.848. The molecule has 1 aromatic rings. The molecule has 0 aliphatic carbocycles. The van der Waals surface area contributed by atoms with Gasteiger partial charge in [-0.2, -0.15) is 5.26 Å². The normalized spacial score (nSPS) is 13.8. The summed E-state index contributed by atoms with van der Waals surface area (Å²) in [5.74, 6) is 0. The Morgan fingerprint density at radius 2 is 1.86 bits per heavy atom. The molecular formula is C17H25N3O2. The number of benzene rings is 1. The summed E-state index contributed by atoms with van der Waals surface area (Å²) in [5.41, 5.74) is 1.29. The van der Waals surface area contributed by atoms with Crippen molar-refractivity contribution in [3.8, 4) is 6.07 Å². The first-order valence-electron chi connectivity index (χ1n) is 7.39. The number of amides is 2. The summed E-state index contributed by atoms with van der Waals surface area (Å²) in [7, 11) is 1.67. The van der Waals surface area contributed by atoms with E-state index in [1.165, 1.54) is 0 Å². The topological polar surface area (TPSA) is 74.2 Å². The summed E-state index contributed by atoms with van der Waals surface area (Å²) >= 11 is 0. The number of hydrogen-bond donors (Lipinski definition) is 2. The van der Waals surface area contributed by atoms with Gasteiger partial charge in [-0.05, 0) is 51.8 Å². The number of nitrogens with one attached hydrogen (secondary N) is 2. The fraction of sp³-hybridized carbons (Fsp3) is 0.529. The average molecular weight is 303 g/mol. The molecule has 0 aromatic heterocycles. The van der Waals surface area contributed by atoms with E-state index < -0.39 is 0 Å². The molecule has 120 valence electrons. The molecule has 0 aliphatic rings. The Hall–Kier alpha value is -2.06. The second-order valence-corrected chi connectivity index (χ2v) is 6.14. The number of nitrogens with zero attached hydrogens (tertiary/aromatic N) is 1. The third-order valence-corrected chi connectivity index (χ3v) is 3.62. The second-order valence-electron chi connectivity index (χ2n) is 6.14. The monoisotopic (exact) mass is 303 g/mol. The number of methoxy groups -OCH3 is 1. The van der Waals surface area contributed by atoms with Crippen LogP contribution in [0, 0.1) is 11.3 Å². The molecule has 5 heteroatoms. The molecule has 0 spiro atoms. The van der Waals surface area contributed by atoms with Crippen LogP contribution in [0.25, 0.3) is 0 Å². The molecule has 2 N–H and O–H groups in total. The molecule has 22 heavy (non-hydrogen) atoms. The van der Waals surface area contributed by atoms with Gasteiger partial charge in [-0.15, -0.1) is 0 Å². The lowest BCUT2D eigenvalue weighted by Gasteiger charge is -2.27. The van der Waals surface area contributed by atoms with Crippen molar-refractivity contribution in [3.05, 3.63) is 35.4 Å². The molecule has 0 saturated carbocycles. The van der Waals surface area contributed by atoms with Gasteiger partial charge >= 0.3 is 6.03 Å². The van der Waals surface area contributed by atoms with Crippen molar-refractivity contribution in [2.45, 2.75) is 51.8 Å². The summed E-state index contributed by atoms with van der Waals surface area (Å²) in [4.78, 5) is 12.0. The van der Waals surface area contributed by atoms with Crippen LogP contribution in [-0.4, -0.2) is 24.8 Å². The van der Waals surface area contributed by atoms with Gasteiger partial charge in [-0.1, -0.05) is 12.1 Å². The maximum absolute atomic E-state index is 12.0. The lowest BCUT2D eigenvalue weighted by atomic mass is 10.00. The molecule has 0 bridgehead atoms. The predicted octanol–water partition coefficient (Wildman–Crippen LogP) is 3.12. The van der Waals surface area contributed by atoms with Crippen molar-refractivity contribution < 1.29 is 9.53 Å². The SMILES string of the molecule is COC(C)(C)CC(C)NC(=O)NC(C)c1ccc(C#N)cc1. The van der Waals surface area contributed by atoms with Gasteiger partial charge in [0.05, 0.1) is 23.3 Å². The van der Waals surface area contributed by atoms with Crippen LogP contribution in [0.15, 0.2) is 24.3 Å². The first-order valence-corrected chi connectivity index (χ1v) is 7.39. The number of hydrogen-bond acceptors (Lipinski definition) is 3. The van der Waals surface area contributed by atoms with Gasteiger partial charge in [-0.25, -0.2) is 4.79 Å². The van der Waals surface area contributed by atoms with Gasteiger partial charge in [0.1, 0.15) is 0 Å². The maximum Gasteiger partial charge on any atom is 0.315 e. The molecule has 1 aromatic carbocycles. The summed E-state index contributed by atoms with van der Waals surface area (Å²) in [6.45, 7) is 7.84. The average Bonchev–Trinajstić information content (AvgIpc) is 2.46. The molecule has 2 unspecified atom stereocenters. The number of carbonyl (C=O) groups excluding carboxylic acids is 1. The molecule has 0 saturated heterocycles. The van der Waals surface area contributed by atoms with Crippen molar-refractivity contribution >= 4 is 6.03 Å². The molecule has 0 radical (unpaired) electrons. The first kappa shape index (κ1) is 18.0. The van der Waals surface area contributed by atoms with E-state index in [0.29, 0.717) is 5.56 Å². The van der Waals surface area contributed by atoms with E-state index in [0.717, 1.165) is 12.0 Å². The summed E-state index contributed by atoms with van der Waals surface area (Å²) in [5, 5.41) is 14.6. The molecule has 2 atom stereocenters. The summed E-state index contributed by atoms with van der Waals surface area (Å²) in [6.07, 6.45) is 0.724. The Balaban J connectivity index is 2.51. The Morgan fingerprint density at radius 3 is 2.36 bits per heavy atom. The van der Waals surface area contributed by atoms with Crippen LogP contribution >= 0.6 is 0 Å². The molecule has 0 heterocycles. The van der Waals surface area contributed by atoms with Crippen LogP contribution in [0.2, 0.25) is 0 Å². The fourth-order valence-corrected chi connectivity index (χ4v) is 2.26. The van der Waals surface area contributed by atoms with Gasteiger partial charge in [-0.3, -0.25) is 0 Å². The zero-order valence-corrected chi connectivity index (χ0v) is 13.9.